The van der Waals surface area contributed by atoms with Crippen LogP contribution < -0.4 is 0 Å². The molecule has 0 heterocycles. The van der Waals surface area contributed by atoms with E-state index in [1.807, 2.05) is 0 Å². The summed E-state index contributed by atoms with van der Waals surface area (Å²) in [5.41, 5.74) is 1.39. The molecule has 1 N–H and O–H groups in total. The average molecular weight is 167 g/mol. The fourth-order valence-electron chi connectivity index (χ4n) is 0.834. The smallest absolute Gasteiger partial charge is 0.0694 e. The van der Waals surface area contributed by atoms with Gasteiger partial charge < -0.3 is 5.11 Å². The molecule has 0 amide bonds. The van der Waals surface area contributed by atoms with Crippen molar-refractivity contribution in [1.29, 1.82) is 0 Å². The van der Waals surface area contributed by atoms with Gasteiger partial charge in [-0.1, -0.05) is 17.5 Å². The van der Waals surface area contributed by atoms with Crippen molar-refractivity contribution in [2.45, 2.75) is 6.61 Å². The molecule has 1 aromatic carbocycles. The first kappa shape index (κ1) is 8.13. The summed E-state index contributed by atoms with van der Waals surface area (Å²) in [6.45, 7) is -0.0694. The minimum absolute atomic E-state index is 0.0694. The van der Waals surface area contributed by atoms with Gasteiger partial charge in [-0.05, 0) is 23.8 Å². The molecule has 0 spiro atoms. The van der Waals surface area contributed by atoms with Crippen molar-refractivity contribution >= 4 is 11.6 Å². The highest BCUT2D eigenvalue weighted by molar-refractivity contribution is 6.30. The van der Waals surface area contributed by atoms with E-state index in [2.05, 4.69) is 5.92 Å². The van der Waals surface area contributed by atoms with Gasteiger partial charge in [-0.3, -0.25) is 0 Å². The van der Waals surface area contributed by atoms with E-state index in [1.165, 1.54) is 0 Å². The molecule has 0 saturated heterocycles. The number of terminal acetylenes is 1. The first-order valence-electron chi connectivity index (χ1n) is 3.14. The summed E-state index contributed by atoms with van der Waals surface area (Å²) in [4.78, 5) is 0. The van der Waals surface area contributed by atoms with Gasteiger partial charge in [-0.2, -0.15) is 0 Å². The van der Waals surface area contributed by atoms with Crippen molar-refractivity contribution in [3.63, 3.8) is 0 Å². The molecule has 1 aromatic rings. The molecule has 0 fully saturated rings. The summed E-state index contributed by atoms with van der Waals surface area (Å²) < 4.78 is 0. The molecule has 0 aromatic heterocycles. The normalized spacial score (nSPS) is 9.18. The van der Waals surface area contributed by atoms with Crippen LogP contribution in [0.15, 0.2) is 18.2 Å². The molecule has 0 bridgehead atoms. The lowest BCUT2D eigenvalue weighted by Crippen LogP contribution is -1.88. The van der Waals surface area contributed by atoms with Crippen molar-refractivity contribution in [3.8, 4) is 12.3 Å². The molecular formula is C9H7ClO. The maximum absolute atomic E-state index is 8.82. The minimum Gasteiger partial charge on any atom is -0.392 e. The molecule has 0 aliphatic carbocycles. The lowest BCUT2D eigenvalue weighted by atomic mass is 10.1. The molecular weight excluding hydrogens is 160 g/mol. The zero-order valence-corrected chi connectivity index (χ0v) is 6.60. The summed E-state index contributed by atoms with van der Waals surface area (Å²) in [7, 11) is 0. The molecule has 0 aliphatic rings. The van der Waals surface area contributed by atoms with E-state index in [9.17, 15) is 0 Å². The SMILES string of the molecule is C#Cc1ccc(Cl)cc1CO. The van der Waals surface area contributed by atoms with Crippen LogP contribution in [0.5, 0.6) is 0 Å². The third-order valence-corrected chi connectivity index (χ3v) is 1.63. The van der Waals surface area contributed by atoms with Crippen LogP contribution in [0.4, 0.5) is 0 Å². The second-order valence-electron chi connectivity index (χ2n) is 2.10. The largest absolute Gasteiger partial charge is 0.392 e. The van der Waals surface area contributed by atoms with Gasteiger partial charge in [0.25, 0.3) is 0 Å². The number of benzene rings is 1. The number of hydrogen-bond donors (Lipinski definition) is 1. The molecule has 2 heteroatoms. The van der Waals surface area contributed by atoms with Crippen LogP contribution in [-0.2, 0) is 6.61 Å². The highest BCUT2D eigenvalue weighted by Crippen LogP contribution is 2.14. The van der Waals surface area contributed by atoms with Crippen molar-refractivity contribution in [1.82, 2.24) is 0 Å². The molecule has 0 aliphatic heterocycles. The van der Waals surface area contributed by atoms with Gasteiger partial charge in [0, 0.05) is 10.6 Å². The molecule has 0 radical (unpaired) electrons. The van der Waals surface area contributed by atoms with Crippen LogP contribution in [0.2, 0.25) is 5.02 Å². The Bertz CT molecular complexity index is 299. The van der Waals surface area contributed by atoms with E-state index in [1.54, 1.807) is 18.2 Å². The van der Waals surface area contributed by atoms with E-state index in [0.717, 1.165) is 0 Å². The van der Waals surface area contributed by atoms with Crippen LogP contribution in [0.25, 0.3) is 0 Å². The number of rotatable bonds is 1. The van der Waals surface area contributed by atoms with Gasteiger partial charge in [0.05, 0.1) is 6.61 Å². The van der Waals surface area contributed by atoms with E-state index in [4.69, 9.17) is 23.1 Å². The second-order valence-corrected chi connectivity index (χ2v) is 2.54. The Morgan fingerprint density at radius 3 is 2.82 bits per heavy atom. The quantitative estimate of drug-likeness (QED) is 0.631. The van der Waals surface area contributed by atoms with E-state index >= 15 is 0 Å². The standard InChI is InChI=1S/C9H7ClO/c1-2-7-3-4-9(10)5-8(7)6-11/h1,3-5,11H,6H2. The highest BCUT2D eigenvalue weighted by atomic mass is 35.5. The molecule has 0 atom stereocenters. The Morgan fingerprint density at radius 1 is 1.55 bits per heavy atom. The van der Waals surface area contributed by atoms with Gasteiger partial charge >= 0.3 is 0 Å². The topological polar surface area (TPSA) is 20.2 Å². The number of halogens is 1. The Labute approximate surface area is 70.6 Å². The first-order valence-corrected chi connectivity index (χ1v) is 3.51. The zero-order chi connectivity index (χ0) is 8.27. The summed E-state index contributed by atoms with van der Waals surface area (Å²) in [5.74, 6) is 2.46. The maximum atomic E-state index is 8.82. The van der Waals surface area contributed by atoms with Gasteiger partial charge in [0.2, 0.25) is 0 Å². The molecule has 1 rings (SSSR count). The fraction of sp³-hybridized carbons (Fsp3) is 0.111. The second kappa shape index (κ2) is 3.43. The van der Waals surface area contributed by atoms with Crippen molar-refractivity contribution in [2.24, 2.45) is 0 Å². The summed E-state index contributed by atoms with van der Waals surface area (Å²) in [5, 5.41) is 9.41. The third-order valence-electron chi connectivity index (χ3n) is 1.39. The summed E-state index contributed by atoms with van der Waals surface area (Å²) in [6.07, 6.45) is 5.17. The van der Waals surface area contributed by atoms with Crippen molar-refractivity contribution in [2.75, 3.05) is 0 Å². The van der Waals surface area contributed by atoms with E-state index in [-0.39, 0.29) is 6.61 Å². The zero-order valence-electron chi connectivity index (χ0n) is 5.84. The Kier molecular flexibility index (Phi) is 2.53. The number of aliphatic hydroxyl groups excluding tert-OH is 1. The minimum atomic E-state index is -0.0694. The molecule has 11 heavy (non-hydrogen) atoms. The van der Waals surface area contributed by atoms with Gasteiger partial charge in [-0.25, -0.2) is 0 Å². The van der Waals surface area contributed by atoms with Crippen LogP contribution >= 0.6 is 11.6 Å². The average Bonchev–Trinajstić information content (AvgIpc) is 2.04. The number of aliphatic hydroxyl groups is 1. The van der Waals surface area contributed by atoms with E-state index in [0.29, 0.717) is 16.1 Å². The summed E-state index contributed by atoms with van der Waals surface area (Å²) in [6, 6.07) is 5.08. The highest BCUT2D eigenvalue weighted by Gasteiger charge is 1.98. The lowest BCUT2D eigenvalue weighted by Gasteiger charge is -1.99. The van der Waals surface area contributed by atoms with Crippen LogP contribution in [0.3, 0.4) is 0 Å². The van der Waals surface area contributed by atoms with Crippen molar-refractivity contribution < 1.29 is 5.11 Å². The fourth-order valence-corrected chi connectivity index (χ4v) is 1.03. The Morgan fingerprint density at radius 2 is 2.27 bits per heavy atom. The van der Waals surface area contributed by atoms with Crippen LogP contribution in [0, 0.1) is 12.3 Å². The Hall–Kier alpha value is -0.970. The molecule has 0 unspecified atom stereocenters. The van der Waals surface area contributed by atoms with E-state index < -0.39 is 0 Å². The molecule has 56 valence electrons. The first-order chi connectivity index (χ1) is 5.27. The monoisotopic (exact) mass is 166 g/mol. The molecule has 1 nitrogen and oxygen atoms in total. The van der Waals surface area contributed by atoms with Gasteiger partial charge in [-0.15, -0.1) is 6.42 Å². The predicted octanol–water partition coefficient (Wildman–Crippen LogP) is 1.81. The number of hydrogen-bond acceptors (Lipinski definition) is 1. The Balaban J connectivity index is 3.19. The molecule has 0 saturated carbocycles. The summed E-state index contributed by atoms with van der Waals surface area (Å²) >= 11 is 5.67. The van der Waals surface area contributed by atoms with Crippen LogP contribution in [0.1, 0.15) is 11.1 Å². The predicted molar refractivity (Wildman–Crippen MR) is 45.3 cm³/mol. The lowest BCUT2D eigenvalue weighted by molar-refractivity contribution is 0.281. The third kappa shape index (κ3) is 1.74. The van der Waals surface area contributed by atoms with Gasteiger partial charge in [0.15, 0.2) is 0 Å². The van der Waals surface area contributed by atoms with Crippen molar-refractivity contribution in [3.05, 3.63) is 34.3 Å². The van der Waals surface area contributed by atoms with Crippen LogP contribution in [-0.4, -0.2) is 5.11 Å². The maximum Gasteiger partial charge on any atom is 0.0694 e. The van der Waals surface area contributed by atoms with Gasteiger partial charge in [0.1, 0.15) is 0 Å².